The van der Waals surface area contributed by atoms with Gasteiger partial charge in [-0.3, -0.25) is 4.31 Å². The van der Waals surface area contributed by atoms with Gasteiger partial charge >= 0.3 is 0 Å². The fourth-order valence-electron chi connectivity index (χ4n) is 2.23. The van der Waals surface area contributed by atoms with Crippen molar-refractivity contribution in [3.05, 3.63) is 54.6 Å². The van der Waals surface area contributed by atoms with Gasteiger partial charge in [0.2, 0.25) is 0 Å². The van der Waals surface area contributed by atoms with Crippen LogP contribution in [0.4, 0.5) is 11.4 Å². The van der Waals surface area contributed by atoms with Crippen molar-refractivity contribution in [2.75, 3.05) is 22.7 Å². The van der Waals surface area contributed by atoms with Crippen molar-refractivity contribution in [3.8, 4) is 0 Å². The molecule has 0 saturated carbocycles. The molecule has 1 N–H and O–H groups in total. The first-order valence-electron chi connectivity index (χ1n) is 7.02. The topological polar surface area (TPSA) is 49.4 Å². The summed E-state index contributed by atoms with van der Waals surface area (Å²) in [5.74, 6) is 0. The first-order chi connectivity index (χ1) is 10.1. The molecule has 0 aliphatic heterocycles. The zero-order valence-corrected chi connectivity index (χ0v) is 13.1. The van der Waals surface area contributed by atoms with Gasteiger partial charge in [-0.15, -0.1) is 0 Å². The SMILES string of the molecule is CCNc1ccccc1S(=O)(=O)N(CC)c1ccccc1. The summed E-state index contributed by atoms with van der Waals surface area (Å²) in [4.78, 5) is 0.303. The van der Waals surface area contributed by atoms with E-state index in [-0.39, 0.29) is 0 Å². The average molecular weight is 304 g/mol. The van der Waals surface area contributed by atoms with E-state index in [9.17, 15) is 8.42 Å². The zero-order chi connectivity index (χ0) is 15.3. The Hall–Kier alpha value is -2.01. The van der Waals surface area contributed by atoms with Crippen molar-refractivity contribution in [2.45, 2.75) is 18.7 Å². The molecular weight excluding hydrogens is 284 g/mol. The number of rotatable bonds is 6. The number of para-hydroxylation sites is 2. The van der Waals surface area contributed by atoms with Crippen LogP contribution >= 0.6 is 0 Å². The normalized spacial score (nSPS) is 11.1. The van der Waals surface area contributed by atoms with E-state index in [0.717, 1.165) is 0 Å². The zero-order valence-electron chi connectivity index (χ0n) is 12.3. The summed E-state index contributed by atoms with van der Waals surface area (Å²) in [7, 11) is -3.59. The Bertz CT molecular complexity index is 684. The summed E-state index contributed by atoms with van der Waals surface area (Å²) in [5, 5.41) is 3.11. The molecule has 5 heteroatoms. The van der Waals surface area contributed by atoms with Crippen LogP contribution in [-0.2, 0) is 10.0 Å². The quantitative estimate of drug-likeness (QED) is 0.890. The molecule has 0 unspecified atom stereocenters. The molecule has 21 heavy (non-hydrogen) atoms. The minimum Gasteiger partial charge on any atom is -0.384 e. The van der Waals surface area contributed by atoms with Gasteiger partial charge in [-0.1, -0.05) is 30.3 Å². The smallest absolute Gasteiger partial charge is 0.266 e. The maximum absolute atomic E-state index is 12.9. The van der Waals surface area contributed by atoms with Crippen molar-refractivity contribution >= 4 is 21.4 Å². The van der Waals surface area contributed by atoms with E-state index in [0.29, 0.717) is 29.4 Å². The second kappa shape index (κ2) is 6.63. The standard InChI is InChI=1S/C16H20N2O2S/c1-3-17-15-12-8-9-13-16(15)21(19,20)18(4-2)14-10-6-5-7-11-14/h5-13,17H,3-4H2,1-2H3. The molecule has 2 aromatic carbocycles. The highest BCUT2D eigenvalue weighted by Crippen LogP contribution is 2.28. The van der Waals surface area contributed by atoms with Crippen molar-refractivity contribution in [1.82, 2.24) is 0 Å². The number of nitrogens with one attached hydrogen (secondary N) is 1. The molecule has 0 bridgehead atoms. The molecule has 112 valence electrons. The number of nitrogens with zero attached hydrogens (tertiary/aromatic N) is 1. The van der Waals surface area contributed by atoms with Gasteiger partial charge in [0.15, 0.2) is 0 Å². The van der Waals surface area contributed by atoms with E-state index in [4.69, 9.17) is 0 Å². The minimum absolute atomic E-state index is 0.303. The predicted molar refractivity (Wildman–Crippen MR) is 87.3 cm³/mol. The molecule has 0 atom stereocenters. The summed E-state index contributed by atoms with van der Waals surface area (Å²) in [5.41, 5.74) is 1.31. The summed E-state index contributed by atoms with van der Waals surface area (Å²) >= 11 is 0. The van der Waals surface area contributed by atoms with Crippen LogP contribution in [0.25, 0.3) is 0 Å². The van der Waals surface area contributed by atoms with Gasteiger partial charge in [-0.2, -0.15) is 0 Å². The molecular formula is C16H20N2O2S. The fraction of sp³-hybridized carbons (Fsp3) is 0.250. The Morgan fingerprint density at radius 1 is 0.952 bits per heavy atom. The highest BCUT2D eigenvalue weighted by Gasteiger charge is 2.25. The first kappa shape index (κ1) is 15.4. The van der Waals surface area contributed by atoms with E-state index in [1.165, 1.54) is 4.31 Å². The molecule has 0 radical (unpaired) electrons. The summed E-state index contributed by atoms with van der Waals surface area (Å²) in [6, 6.07) is 16.1. The van der Waals surface area contributed by atoms with Crippen molar-refractivity contribution in [1.29, 1.82) is 0 Å². The van der Waals surface area contributed by atoms with Crippen LogP contribution in [0.5, 0.6) is 0 Å². The third kappa shape index (κ3) is 3.19. The van der Waals surface area contributed by atoms with Crippen LogP contribution in [0.3, 0.4) is 0 Å². The number of benzene rings is 2. The van der Waals surface area contributed by atoms with Crippen LogP contribution < -0.4 is 9.62 Å². The lowest BCUT2D eigenvalue weighted by Crippen LogP contribution is -2.31. The van der Waals surface area contributed by atoms with Crippen LogP contribution in [0.15, 0.2) is 59.5 Å². The third-order valence-corrected chi connectivity index (χ3v) is 5.11. The average Bonchev–Trinajstić information content (AvgIpc) is 2.49. The summed E-state index contributed by atoms with van der Waals surface area (Å²) < 4.78 is 27.3. The lowest BCUT2D eigenvalue weighted by atomic mass is 10.3. The second-order valence-corrected chi connectivity index (χ2v) is 6.36. The van der Waals surface area contributed by atoms with Crippen LogP contribution in [0.1, 0.15) is 13.8 Å². The van der Waals surface area contributed by atoms with Crippen molar-refractivity contribution in [3.63, 3.8) is 0 Å². The molecule has 0 heterocycles. The van der Waals surface area contributed by atoms with E-state index >= 15 is 0 Å². The van der Waals surface area contributed by atoms with Gasteiger partial charge in [0.1, 0.15) is 4.90 Å². The van der Waals surface area contributed by atoms with Crippen molar-refractivity contribution in [2.24, 2.45) is 0 Å². The van der Waals surface area contributed by atoms with Gasteiger partial charge in [-0.25, -0.2) is 8.42 Å². The Balaban J connectivity index is 2.50. The second-order valence-electron chi connectivity index (χ2n) is 4.53. The first-order valence-corrected chi connectivity index (χ1v) is 8.46. The number of hydrogen-bond donors (Lipinski definition) is 1. The molecule has 0 aromatic heterocycles. The van der Waals surface area contributed by atoms with Gasteiger partial charge in [0, 0.05) is 13.1 Å². The molecule has 0 amide bonds. The molecule has 2 aromatic rings. The van der Waals surface area contributed by atoms with E-state index < -0.39 is 10.0 Å². The fourth-order valence-corrected chi connectivity index (χ4v) is 3.88. The summed E-state index contributed by atoms with van der Waals surface area (Å²) in [6.07, 6.45) is 0. The molecule has 0 fully saturated rings. The maximum atomic E-state index is 12.9. The van der Waals surface area contributed by atoms with Crippen LogP contribution in [-0.4, -0.2) is 21.5 Å². The molecule has 0 aliphatic rings. The van der Waals surface area contributed by atoms with Gasteiger partial charge in [0.25, 0.3) is 10.0 Å². The lowest BCUT2D eigenvalue weighted by Gasteiger charge is -2.24. The highest BCUT2D eigenvalue weighted by molar-refractivity contribution is 7.93. The Kier molecular flexibility index (Phi) is 4.85. The van der Waals surface area contributed by atoms with Gasteiger partial charge < -0.3 is 5.32 Å². The molecule has 0 spiro atoms. The minimum atomic E-state index is -3.59. The van der Waals surface area contributed by atoms with Gasteiger partial charge in [-0.05, 0) is 38.1 Å². The molecule has 0 saturated heterocycles. The third-order valence-electron chi connectivity index (χ3n) is 3.15. The number of sulfonamides is 1. The van der Waals surface area contributed by atoms with Crippen LogP contribution in [0.2, 0.25) is 0 Å². The largest absolute Gasteiger partial charge is 0.384 e. The highest BCUT2D eigenvalue weighted by atomic mass is 32.2. The maximum Gasteiger partial charge on any atom is 0.266 e. The monoisotopic (exact) mass is 304 g/mol. The number of hydrogen-bond acceptors (Lipinski definition) is 3. The number of anilines is 2. The Morgan fingerprint density at radius 3 is 2.19 bits per heavy atom. The molecule has 2 rings (SSSR count). The van der Waals surface area contributed by atoms with E-state index in [2.05, 4.69) is 5.32 Å². The van der Waals surface area contributed by atoms with E-state index in [1.54, 1.807) is 30.3 Å². The molecule has 0 aliphatic carbocycles. The van der Waals surface area contributed by atoms with Gasteiger partial charge in [0.05, 0.1) is 11.4 Å². The Morgan fingerprint density at radius 2 is 1.57 bits per heavy atom. The lowest BCUT2D eigenvalue weighted by molar-refractivity contribution is 0.592. The van der Waals surface area contributed by atoms with E-state index in [1.807, 2.05) is 38.1 Å². The molecule has 4 nitrogen and oxygen atoms in total. The van der Waals surface area contributed by atoms with Crippen LogP contribution in [0, 0.1) is 0 Å². The Labute approximate surface area is 126 Å². The van der Waals surface area contributed by atoms with Crippen molar-refractivity contribution < 1.29 is 8.42 Å². The predicted octanol–water partition coefficient (Wildman–Crippen LogP) is 3.33. The summed E-state index contributed by atoms with van der Waals surface area (Å²) in [6.45, 7) is 4.83.